The van der Waals surface area contributed by atoms with E-state index in [1.165, 1.54) is 25.7 Å². The van der Waals surface area contributed by atoms with E-state index in [-0.39, 0.29) is 5.41 Å². The number of hydrogen-bond acceptors (Lipinski definition) is 3. The SMILES string of the molecule is CCCCCC(C)(C)Cn1c(-c2ccccn2)n[nH]c1=S. The van der Waals surface area contributed by atoms with Crippen LogP contribution >= 0.6 is 12.2 Å². The highest BCUT2D eigenvalue weighted by Crippen LogP contribution is 2.28. The number of nitrogens with one attached hydrogen (secondary N) is 1. The predicted molar refractivity (Wildman–Crippen MR) is 88.6 cm³/mol. The molecule has 0 fully saturated rings. The van der Waals surface area contributed by atoms with Crippen LogP contribution in [0, 0.1) is 10.2 Å². The summed E-state index contributed by atoms with van der Waals surface area (Å²) in [6.45, 7) is 7.68. The Balaban J connectivity index is 2.21. The van der Waals surface area contributed by atoms with Crippen LogP contribution in [-0.2, 0) is 6.54 Å². The fourth-order valence-corrected chi connectivity index (χ4v) is 2.71. The Hall–Kier alpha value is -1.49. The molecule has 0 aromatic carbocycles. The topological polar surface area (TPSA) is 46.5 Å². The minimum absolute atomic E-state index is 0.195. The van der Waals surface area contributed by atoms with E-state index < -0.39 is 0 Å². The summed E-state index contributed by atoms with van der Waals surface area (Å²) in [6, 6.07) is 5.84. The smallest absolute Gasteiger partial charge is 0.195 e. The van der Waals surface area contributed by atoms with Gasteiger partial charge in [-0.05, 0) is 36.2 Å². The number of rotatable bonds is 7. The second-order valence-electron chi connectivity index (χ2n) is 6.27. The van der Waals surface area contributed by atoms with Crippen molar-refractivity contribution in [2.24, 2.45) is 5.41 Å². The molecule has 0 saturated heterocycles. The highest BCUT2D eigenvalue weighted by molar-refractivity contribution is 7.71. The average molecular weight is 304 g/mol. The quantitative estimate of drug-likeness (QED) is 0.600. The second kappa shape index (κ2) is 6.98. The summed E-state index contributed by atoms with van der Waals surface area (Å²) in [6.07, 6.45) is 6.76. The first-order chi connectivity index (χ1) is 10.0. The summed E-state index contributed by atoms with van der Waals surface area (Å²) in [4.78, 5) is 4.38. The lowest BCUT2D eigenvalue weighted by molar-refractivity contribution is 0.271. The molecule has 114 valence electrons. The fraction of sp³-hybridized carbons (Fsp3) is 0.562. The van der Waals surface area contributed by atoms with Crippen LogP contribution in [0.3, 0.4) is 0 Å². The third-order valence-electron chi connectivity index (χ3n) is 3.70. The summed E-state index contributed by atoms with van der Waals surface area (Å²) in [5.74, 6) is 0.823. The van der Waals surface area contributed by atoms with Crippen LogP contribution in [-0.4, -0.2) is 19.7 Å². The lowest BCUT2D eigenvalue weighted by atomic mass is 9.86. The van der Waals surface area contributed by atoms with Crippen LogP contribution in [0.15, 0.2) is 24.4 Å². The lowest BCUT2D eigenvalue weighted by Crippen LogP contribution is -2.20. The fourth-order valence-electron chi connectivity index (χ4n) is 2.52. The minimum Gasteiger partial charge on any atom is -0.298 e. The van der Waals surface area contributed by atoms with Crippen LogP contribution in [0.4, 0.5) is 0 Å². The lowest BCUT2D eigenvalue weighted by Gasteiger charge is -2.25. The zero-order valence-electron chi connectivity index (χ0n) is 13.1. The monoisotopic (exact) mass is 304 g/mol. The third-order valence-corrected chi connectivity index (χ3v) is 4.01. The molecule has 5 heteroatoms. The van der Waals surface area contributed by atoms with Crippen molar-refractivity contribution < 1.29 is 0 Å². The number of aromatic nitrogens is 4. The number of hydrogen-bond donors (Lipinski definition) is 1. The highest BCUT2D eigenvalue weighted by Gasteiger charge is 2.21. The van der Waals surface area contributed by atoms with Crippen LogP contribution in [0.2, 0.25) is 0 Å². The van der Waals surface area contributed by atoms with Gasteiger partial charge in [0.05, 0.1) is 0 Å². The molecule has 4 nitrogen and oxygen atoms in total. The van der Waals surface area contributed by atoms with Crippen LogP contribution in [0.25, 0.3) is 11.5 Å². The van der Waals surface area contributed by atoms with Crippen molar-refractivity contribution >= 4 is 12.2 Å². The molecule has 1 N–H and O–H groups in total. The molecule has 0 aliphatic rings. The zero-order valence-corrected chi connectivity index (χ0v) is 13.9. The minimum atomic E-state index is 0.195. The average Bonchev–Trinajstić information content (AvgIpc) is 2.81. The number of aromatic amines is 1. The number of unbranched alkanes of at least 4 members (excludes halogenated alkanes) is 2. The molecule has 21 heavy (non-hydrogen) atoms. The number of pyridine rings is 1. The summed E-state index contributed by atoms with van der Waals surface area (Å²) < 4.78 is 2.74. The summed E-state index contributed by atoms with van der Waals surface area (Å²) in [5.41, 5.74) is 1.05. The van der Waals surface area contributed by atoms with Gasteiger partial charge in [-0.3, -0.25) is 14.6 Å². The molecule has 0 aliphatic carbocycles. The molecule has 0 unspecified atom stereocenters. The maximum atomic E-state index is 5.39. The molecule has 2 aromatic heterocycles. The molecule has 0 amide bonds. The highest BCUT2D eigenvalue weighted by atomic mass is 32.1. The van der Waals surface area contributed by atoms with E-state index >= 15 is 0 Å². The van der Waals surface area contributed by atoms with Crippen LogP contribution in [0.5, 0.6) is 0 Å². The van der Waals surface area contributed by atoms with Gasteiger partial charge in [-0.1, -0.05) is 46.1 Å². The Morgan fingerprint density at radius 3 is 2.76 bits per heavy atom. The largest absolute Gasteiger partial charge is 0.298 e. The van der Waals surface area contributed by atoms with Crippen molar-refractivity contribution in [3.05, 3.63) is 29.2 Å². The third kappa shape index (κ3) is 4.24. The van der Waals surface area contributed by atoms with Gasteiger partial charge in [0.25, 0.3) is 0 Å². The first-order valence-electron chi connectivity index (χ1n) is 7.60. The molecule has 0 bridgehead atoms. The van der Waals surface area contributed by atoms with E-state index in [4.69, 9.17) is 12.2 Å². The van der Waals surface area contributed by atoms with Gasteiger partial charge >= 0.3 is 0 Å². The molecule has 0 saturated carbocycles. The zero-order chi connectivity index (χ0) is 15.3. The molecule has 0 aliphatic heterocycles. The van der Waals surface area contributed by atoms with E-state index in [9.17, 15) is 0 Å². The Labute approximate surface area is 131 Å². The van der Waals surface area contributed by atoms with E-state index in [2.05, 4.69) is 40.5 Å². The summed E-state index contributed by atoms with van der Waals surface area (Å²) >= 11 is 5.39. The van der Waals surface area contributed by atoms with Crippen molar-refractivity contribution in [1.29, 1.82) is 0 Å². The van der Waals surface area contributed by atoms with Crippen molar-refractivity contribution in [2.75, 3.05) is 0 Å². The molecule has 0 radical (unpaired) electrons. The first kappa shape index (κ1) is 15.9. The van der Waals surface area contributed by atoms with Gasteiger partial charge in [0, 0.05) is 12.7 Å². The van der Waals surface area contributed by atoms with Gasteiger partial charge < -0.3 is 0 Å². The molecule has 2 rings (SSSR count). The normalized spacial score (nSPS) is 11.8. The maximum Gasteiger partial charge on any atom is 0.195 e. The molecular weight excluding hydrogens is 280 g/mol. The Bertz CT molecular complexity index is 613. The Morgan fingerprint density at radius 1 is 1.29 bits per heavy atom. The van der Waals surface area contributed by atoms with Crippen LogP contribution in [0.1, 0.15) is 46.5 Å². The van der Waals surface area contributed by atoms with E-state index in [0.717, 1.165) is 18.1 Å². The van der Waals surface area contributed by atoms with Crippen molar-refractivity contribution in [1.82, 2.24) is 19.7 Å². The van der Waals surface area contributed by atoms with E-state index in [1.807, 2.05) is 18.2 Å². The number of H-pyrrole nitrogens is 1. The predicted octanol–water partition coefficient (Wildman–Crippen LogP) is 4.61. The Morgan fingerprint density at radius 2 is 2.10 bits per heavy atom. The molecule has 0 atom stereocenters. The van der Waals surface area contributed by atoms with Crippen molar-refractivity contribution in [3.8, 4) is 11.5 Å². The Kier molecular flexibility index (Phi) is 5.28. The molecular formula is C16H24N4S. The molecule has 2 heterocycles. The summed E-state index contributed by atoms with van der Waals surface area (Å²) in [7, 11) is 0. The first-order valence-corrected chi connectivity index (χ1v) is 8.01. The van der Waals surface area contributed by atoms with Gasteiger partial charge in [0.1, 0.15) is 5.69 Å². The molecule has 0 spiro atoms. The molecule has 2 aromatic rings. The van der Waals surface area contributed by atoms with E-state index in [1.54, 1.807) is 6.20 Å². The second-order valence-corrected chi connectivity index (χ2v) is 6.66. The van der Waals surface area contributed by atoms with E-state index in [0.29, 0.717) is 4.77 Å². The van der Waals surface area contributed by atoms with Crippen LogP contribution < -0.4 is 0 Å². The van der Waals surface area contributed by atoms with Gasteiger partial charge in [-0.25, -0.2) is 0 Å². The summed E-state index contributed by atoms with van der Waals surface area (Å²) in [5, 5.41) is 7.25. The van der Waals surface area contributed by atoms with Crippen molar-refractivity contribution in [2.45, 2.75) is 53.0 Å². The van der Waals surface area contributed by atoms with Gasteiger partial charge in [-0.2, -0.15) is 5.10 Å². The standard InChI is InChI=1S/C16H24N4S/c1-4-5-7-10-16(2,3)12-20-14(18-19-15(20)21)13-9-6-8-11-17-13/h6,8-9,11H,4-5,7,10,12H2,1-3H3,(H,19,21). The van der Waals surface area contributed by atoms with Crippen molar-refractivity contribution in [3.63, 3.8) is 0 Å². The van der Waals surface area contributed by atoms with Gasteiger partial charge in [-0.15, -0.1) is 0 Å². The van der Waals surface area contributed by atoms with Gasteiger partial charge in [0.2, 0.25) is 0 Å². The number of nitrogens with zero attached hydrogens (tertiary/aromatic N) is 3. The maximum absolute atomic E-state index is 5.39. The van der Waals surface area contributed by atoms with Gasteiger partial charge in [0.15, 0.2) is 10.6 Å².